The first-order valence-electron chi connectivity index (χ1n) is 5.69. The molecule has 0 fully saturated rings. The largest absolute Gasteiger partial charge is 0.489 e. The van der Waals surface area contributed by atoms with Gasteiger partial charge >= 0.3 is 0 Å². The Kier molecular flexibility index (Phi) is 2.28. The zero-order valence-electron chi connectivity index (χ0n) is 9.54. The molecule has 0 saturated carbocycles. The molecule has 2 aromatic rings. The first-order valence-corrected chi connectivity index (χ1v) is 6.50. The average molecular weight is 233 g/mol. The van der Waals surface area contributed by atoms with Gasteiger partial charge in [0.2, 0.25) is 0 Å². The van der Waals surface area contributed by atoms with Gasteiger partial charge in [-0.2, -0.15) is 0 Å². The molecule has 16 heavy (non-hydrogen) atoms. The minimum absolute atomic E-state index is 0.588. The minimum Gasteiger partial charge on any atom is -0.489 e. The van der Waals surface area contributed by atoms with E-state index in [2.05, 4.69) is 37.4 Å². The van der Waals surface area contributed by atoms with Crippen LogP contribution in [0.25, 0.3) is 10.1 Å². The van der Waals surface area contributed by atoms with Crippen molar-refractivity contribution >= 4 is 27.1 Å². The van der Waals surface area contributed by atoms with Gasteiger partial charge in [-0.05, 0) is 24.1 Å². The van der Waals surface area contributed by atoms with Gasteiger partial charge in [-0.15, -0.1) is 11.3 Å². The van der Waals surface area contributed by atoms with Crippen LogP contribution in [0.2, 0.25) is 0 Å². The molecule has 2 heterocycles. The van der Waals surface area contributed by atoms with E-state index in [1.54, 1.807) is 0 Å². The zero-order chi connectivity index (χ0) is 11.1. The van der Waals surface area contributed by atoms with Crippen molar-refractivity contribution in [2.75, 3.05) is 18.5 Å². The fraction of sp³-hybridized carbons (Fsp3) is 0.385. The molecule has 1 N–H and O–H groups in total. The molecule has 84 valence electrons. The van der Waals surface area contributed by atoms with E-state index in [0.29, 0.717) is 5.92 Å². The van der Waals surface area contributed by atoms with E-state index in [1.807, 2.05) is 11.3 Å². The summed E-state index contributed by atoms with van der Waals surface area (Å²) in [5.74, 6) is 1.62. The quantitative estimate of drug-likeness (QED) is 0.808. The maximum Gasteiger partial charge on any atom is 0.151 e. The molecule has 0 radical (unpaired) electrons. The Balaban J connectivity index is 2.22. The molecule has 0 bridgehead atoms. The molecule has 0 saturated heterocycles. The molecular formula is C13H15NOS. The van der Waals surface area contributed by atoms with E-state index in [1.165, 1.54) is 15.0 Å². The smallest absolute Gasteiger partial charge is 0.151 e. The maximum absolute atomic E-state index is 5.77. The molecule has 0 aliphatic carbocycles. The number of anilines is 1. The molecule has 0 unspecified atom stereocenters. The van der Waals surface area contributed by atoms with E-state index in [0.717, 1.165) is 24.6 Å². The highest BCUT2D eigenvalue weighted by atomic mass is 32.1. The molecule has 3 heteroatoms. The highest BCUT2D eigenvalue weighted by Gasteiger charge is 2.15. The molecule has 1 aliphatic heterocycles. The van der Waals surface area contributed by atoms with Crippen LogP contribution in [0.15, 0.2) is 18.2 Å². The van der Waals surface area contributed by atoms with Gasteiger partial charge in [0, 0.05) is 21.5 Å². The first kappa shape index (κ1) is 9.97. The molecule has 0 amide bonds. The van der Waals surface area contributed by atoms with Gasteiger partial charge in [0.25, 0.3) is 0 Å². The van der Waals surface area contributed by atoms with Crippen molar-refractivity contribution in [3.8, 4) is 5.75 Å². The Labute approximate surface area is 99.2 Å². The summed E-state index contributed by atoms with van der Waals surface area (Å²) < 4.78 is 7.10. The van der Waals surface area contributed by atoms with E-state index in [-0.39, 0.29) is 0 Å². The molecule has 3 rings (SSSR count). The summed E-state index contributed by atoms with van der Waals surface area (Å²) in [6.07, 6.45) is 0. The van der Waals surface area contributed by atoms with Gasteiger partial charge in [-0.1, -0.05) is 13.8 Å². The van der Waals surface area contributed by atoms with E-state index < -0.39 is 0 Å². The number of hydrogen-bond acceptors (Lipinski definition) is 3. The van der Waals surface area contributed by atoms with Crippen molar-refractivity contribution in [2.24, 2.45) is 0 Å². The van der Waals surface area contributed by atoms with E-state index in [9.17, 15) is 0 Å². The van der Waals surface area contributed by atoms with Crippen LogP contribution in [-0.4, -0.2) is 13.2 Å². The van der Waals surface area contributed by atoms with Gasteiger partial charge < -0.3 is 10.1 Å². The second kappa shape index (κ2) is 3.67. The van der Waals surface area contributed by atoms with E-state index >= 15 is 0 Å². The molecule has 0 atom stereocenters. The van der Waals surface area contributed by atoms with Gasteiger partial charge in [-0.25, -0.2) is 0 Å². The Morgan fingerprint density at radius 3 is 3.06 bits per heavy atom. The van der Waals surface area contributed by atoms with Crippen molar-refractivity contribution in [1.29, 1.82) is 0 Å². The monoisotopic (exact) mass is 233 g/mol. The fourth-order valence-corrected chi connectivity index (χ4v) is 3.09. The Morgan fingerprint density at radius 2 is 2.25 bits per heavy atom. The Bertz CT molecular complexity index is 530. The van der Waals surface area contributed by atoms with Gasteiger partial charge in [0.1, 0.15) is 6.61 Å². The summed E-state index contributed by atoms with van der Waals surface area (Å²) in [6.45, 7) is 6.13. The molecule has 1 aromatic heterocycles. The number of nitrogens with one attached hydrogen (secondary N) is 1. The number of benzene rings is 1. The molecule has 1 aromatic carbocycles. The Morgan fingerprint density at radius 1 is 1.38 bits per heavy atom. The molecule has 0 spiro atoms. The van der Waals surface area contributed by atoms with Crippen molar-refractivity contribution in [1.82, 2.24) is 0 Å². The minimum atomic E-state index is 0.588. The highest BCUT2D eigenvalue weighted by Crippen LogP contribution is 2.41. The van der Waals surface area contributed by atoms with Gasteiger partial charge in [0.15, 0.2) is 5.75 Å². The summed E-state index contributed by atoms with van der Waals surface area (Å²) in [5.41, 5.74) is 1.13. The van der Waals surface area contributed by atoms with E-state index in [4.69, 9.17) is 4.74 Å². The SMILES string of the molecule is CC(C)c1cc2c3c(ccc2s1)NCCO3. The summed E-state index contributed by atoms with van der Waals surface area (Å²) >= 11 is 1.87. The van der Waals surface area contributed by atoms with Crippen LogP contribution in [0.3, 0.4) is 0 Å². The number of ether oxygens (including phenoxy) is 1. The van der Waals surface area contributed by atoms with Crippen molar-refractivity contribution in [3.05, 3.63) is 23.1 Å². The van der Waals surface area contributed by atoms with Gasteiger partial charge in [-0.3, -0.25) is 0 Å². The third kappa shape index (κ3) is 1.47. The second-order valence-electron chi connectivity index (χ2n) is 4.43. The lowest BCUT2D eigenvalue weighted by Gasteiger charge is -2.19. The van der Waals surface area contributed by atoms with Crippen LogP contribution in [0.5, 0.6) is 5.75 Å². The third-order valence-electron chi connectivity index (χ3n) is 2.90. The topological polar surface area (TPSA) is 21.3 Å². The van der Waals surface area contributed by atoms with Crippen LogP contribution in [0.1, 0.15) is 24.6 Å². The average Bonchev–Trinajstić information content (AvgIpc) is 2.73. The van der Waals surface area contributed by atoms with Crippen LogP contribution in [-0.2, 0) is 0 Å². The Hall–Kier alpha value is -1.22. The predicted molar refractivity (Wildman–Crippen MR) is 69.9 cm³/mol. The zero-order valence-corrected chi connectivity index (χ0v) is 10.4. The van der Waals surface area contributed by atoms with Crippen LogP contribution >= 0.6 is 11.3 Å². The lowest BCUT2D eigenvalue weighted by molar-refractivity contribution is 0.327. The van der Waals surface area contributed by atoms with Crippen LogP contribution in [0.4, 0.5) is 5.69 Å². The number of thiophene rings is 1. The summed E-state index contributed by atoms with van der Waals surface area (Å²) in [6, 6.07) is 6.58. The lowest BCUT2D eigenvalue weighted by Crippen LogP contribution is -2.17. The normalized spacial score (nSPS) is 14.7. The van der Waals surface area contributed by atoms with Crippen molar-refractivity contribution < 1.29 is 4.74 Å². The highest BCUT2D eigenvalue weighted by molar-refractivity contribution is 7.19. The molecule has 1 aliphatic rings. The molecule has 2 nitrogen and oxygen atoms in total. The lowest BCUT2D eigenvalue weighted by atomic mass is 10.1. The second-order valence-corrected chi connectivity index (χ2v) is 5.55. The summed E-state index contributed by atoms with van der Waals surface area (Å²) in [4.78, 5) is 1.43. The third-order valence-corrected chi connectivity index (χ3v) is 4.30. The maximum atomic E-state index is 5.77. The molecular weight excluding hydrogens is 218 g/mol. The van der Waals surface area contributed by atoms with Crippen molar-refractivity contribution in [2.45, 2.75) is 19.8 Å². The number of fused-ring (bicyclic) bond motifs is 3. The van der Waals surface area contributed by atoms with Crippen LogP contribution < -0.4 is 10.1 Å². The van der Waals surface area contributed by atoms with Crippen LogP contribution in [0, 0.1) is 0 Å². The first-order chi connectivity index (χ1) is 7.75. The number of hydrogen-bond donors (Lipinski definition) is 1. The summed E-state index contributed by atoms with van der Waals surface area (Å²) in [5, 5.41) is 4.64. The predicted octanol–water partition coefficient (Wildman–Crippen LogP) is 3.83. The van der Waals surface area contributed by atoms with Crippen molar-refractivity contribution in [3.63, 3.8) is 0 Å². The van der Waals surface area contributed by atoms with Gasteiger partial charge in [0.05, 0.1) is 5.69 Å². The fourth-order valence-electron chi connectivity index (χ4n) is 2.02. The number of rotatable bonds is 1. The standard InChI is InChI=1S/C13H15NOS/c1-8(2)12-7-9-11(16-12)4-3-10-13(9)15-6-5-14-10/h3-4,7-8,14H,5-6H2,1-2H3. The summed E-state index contributed by atoms with van der Waals surface area (Å²) in [7, 11) is 0.